The zero-order valence-corrected chi connectivity index (χ0v) is 16.8. The molecule has 2 atom stereocenters. The quantitative estimate of drug-likeness (QED) is 0.719. The third-order valence-electron chi connectivity index (χ3n) is 5.00. The highest BCUT2D eigenvalue weighted by Crippen LogP contribution is 2.25. The molecule has 0 radical (unpaired) electrons. The molecule has 0 aliphatic carbocycles. The normalized spacial score (nSPS) is 23.6. The smallest absolute Gasteiger partial charge is 0.254 e. The minimum Gasteiger partial charge on any atom is -0.354 e. The van der Waals surface area contributed by atoms with Crippen LogP contribution in [0.3, 0.4) is 0 Å². The Bertz CT molecular complexity index is 800. The van der Waals surface area contributed by atoms with Gasteiger partial charge < -0.3 is 16.0 Å². The summed E-state index contributed by atoms with van der Waals surface area (Å²) in [5.41, 5.74) is 6.16. The van der Waals surface area contributed by atoms with Gasteiger partial charge in [0, 0.05) is 31.2 Å². The molecular weight excluding hydrogens is 392 g/mol. The van der Waals surface area contributed by atoms with E-state index in [1.807, 2.05) is 6.92 Å². The Hall–Kier alpha value is -1.68. The number of rotatable bonds is 4. The fraction of sp³-hybridized carbons (Fsp3) is 0.529. The molecule has 2 unspecified atom stereocenters. The van der Waals surface area contributed by atoms with E-state index in [0.717, 1.165) is 10.7 Å². The number of benzene rings is 1. The van der Waals surface area contributed by atoms with Crippen molar-refractivity contribution in [1.82, 2.24) is 14.5 Å². The first-order valence-corrected chi connectivity index (χ1v) is 10.1. The minimum absolute atomic E-state index is 0. The van der Waals surface area contributed by atoms with E-state index in [2.05, 4.69) is 5.32 Å². The first-order chi connectivity index (χ1) is 12.3. The highest BCUT2D eigenvalue weighted by atomic mass is 35.5. The molecule has 3 N–H and O–H groups in total. The van der Waals surface area contributed by atoms with Gasteiger partial charge in [0.15, 0.2) is 0 Å². The molecular formula is C17H25ClN4O4S. The lowest BCUT2D eigenvalue weighted by atomic mass is 10.1. The van der Waals surface area contributed by atoms with E-state index >= 15 is 0 Å². The van der Waals surface area contributed by atoms with Crippen molar-refractivity contribution in [3.05, 3.63) is 29.8 Å². The van der Waals surface area contributed by atoms with Crippen LogP contribution in [0.1, 0.15) is 23.7 Å². The fourth-order valence-electron chi connectivity index (χ4n) is 3.50. The van der Waals surface area contributed by atoms with Crippen LogP contribution in [0.15, 0.2) is 29.2 Å². The van der Waals surface area contributed by atoms with Crippen LogP contribution in [0, 0.1) is 5.92 Å². The third kappa shape index (κ3) is 4.43. The number of piperazine rings is 1. The molecule has 2 aliphatic heterocycles. The Labute approximate surface area is 165 Å². The van der Waals surface area contributed by atoms with Gasteiger partial charge in [0.25, 0.3) is 5.91 Å². The predicted octanol–water partition coefficient (Wildman–Crippen LogP) is 0.0382. The number of carbonyl (C=O) groups is 2. The molecule has 27 heavy (non-hydrogen) atoms. The average Bonchev–Trinajstić information content (AvgIpc) is 3.02. The number of halogens is 1. The SMILES string of the molecule is CC1CC(CN)CN1C(=O)c1ccc(S(=O)(=O)N2CCNC(=O)C2)cc1.Cl. The van der Waals surface area contributed by atoms with Crippen LogP contribution in [0.4, 0.5) is 0 Å². The van der Waals surface area contributed by atoms with E-state index in [1.165, 1.54) is 24.3 Å². The zero-order valence-electron chi connectivity index (χ0n) is 15.1. The minimum atomic E-state index is -3.75. The second-order valence-electron chi connectivity index (χ2n) is 6.86. The molecule has 2 aliphatic rings. The largest absolute Gasteiger partial charge is 0.354 e. The second kappa shape index (κ2) is 8.55. The van der Waals surface area contributed by atoms with Gasteiger partial charge in [-0.1, -0.05) is 0 Å². The number of likely N-dealkylation sites (tertiary alicyclic amines) is 1. The van der Waals surface area contributed by atoms with E-state index < -0.39 is 10.0 Å². The number of nitrogens with two attached hydrogens (primary N) is 1. The van der Waals surface area contributed by atoms with Crippen LogP contribution < -0.4 is 11.1 Å². The van der Waals surface area contributed by atoms with Gasteiger partial charge in [0.05, 0.1) is 11.4 Å². The van der Waals surface area contributed by atoms with E-state index in [-0.39, 0.29) is 48.2 Å². The monoisotopic (exact) mass is 416 g/mol. The van der Waals surface area contributed by atoms with Crippen LogP contribution in [0.25, 0.3) is 0 Å². The topological polar surface area (TPSA) is 113 Å². The number of hydrogen-bond donors (Lipinski definition) is 2. The Balaban J connectivity index is 0.00000261. The fourth-order valence-corrected chi connectivity index (χ4v) is 4.90. The summed E-state index contributed by atoms with van der Waals surface area (Å²) in [6, 6.07) is 6.03. The molecule has 3 rings (SSSR count). The molecule has 1 aromatic rings. The van der Waals surface area contributed by atoms with Crippen LogP contribution in [0.2, 0.25) is 0 Å². The lowest BCUT2D eigenvalue weighted by molar-refractivity contribution is -0.122. The molecule has 2 heterocycles. The lowest BCUT2D eigenvalue weighted by Gasteiger charge is -2.26. The van der Waals surface area contributed by atoms with Crippen LogP contribution >= 0.6 is 12.4 Å². The van der Waals surface area contributed by atoms with Gasteiger partial charge in [-0.3, -0.25) is 9.59 Å². The summed E-state index contributed by atoms with van der Waals surface area (Å²) in [7, 11) is -3.75. The van der Waals surface area contributed by atoms with Gasteiger partial charge >= 0.3 is 0 Å². The van der Waals surface area contributed by atoms with Crippen LogP contribution in [0.5, 0.6) is 0 Å². The van der Waals surface area contributed by atoms with E-state index in [1.54, 1.807) is 4.90 Å². The van der Waals surface area contributed by atoms with Crippen LogP contribution in [-0.4, -0.2) is 68.2 Å². The molecule has 1 aromatic carbocycles. The highest BCUT2D eigenvalue weighted by Gasteiger charge is 2.33. The second-order valence-corrected chi connectivity index (χ2v) is 8.79. The zero-order chi connectivity index (χ0) is 18.9. The summed E-state index contributed by atoms with van der Waals surface area (Å²) < 4.78 is 26.4. The summed E-state index contributed by atoms with van der Waals surface area (Å²) in [6.07, 6.45) is 0.881. The highest BCUT2D eigenvalue weighted by molar-refractivity contribution is 7.89. The number of nitrogens with one attached hydrogen (secondary N) is 1. The van der Waals surface area contributed by atoms with Crippen molar-refractivity contribution < 1.29 is 18.0 Å². The van der Waals surface area contributed by atoms with Gasteiger partial charge in [-0.15, -0.1) is 12.4 Å². The van der Waals surface area contributed by atoms with Gasteiger partial charge in [0.1, 0.15) is 0 Å². The van der Waals surface area contributed by atoms with Crippen molar-refractivity contribution in [1.29, 1.82) is 0 Å². The molecule has 150 valence electrons. The number of nitrogens with zero attached hydrogens (tertiary/aromatic N) is 2. The van der Waals surface area contributed by atoms with E-state index in [4.69, 9.17) is 5.73 Å². The first-order valence-electron chi connectivity index (χ1n) is 8.71. The maximum Gasteiger partial charge on any atom is 0.254 e. The van der Waals surface area contributed by atoms with Gasteiger partial charge in [0.2, 0.25) is 15.9 Å². The van der Waals surface area contributed by atoms with Crippen molar-refractivity contribution in [3.8, 4) is 0 Å². The van der Waals surface area contributed by atoms with Crippen molar-refractivity contribution in [3.63, 3.8) is 0 Å². The molecule has 2 amide bonds. The summed E-state index contributed by atoms with van der Waals surface area (Å²) in [6.45, 7) is 3.51. The summed E-state index contributed by atoms with van der Waals surface area (Å²) in [4.78, 5) is 26.0. The third-order valence-corrected chi connectivity index (χ3v) is 6.86. The Morgan fingerprint density at radius 3 is 2.52 bits per heavy atom. The van der Waals surface area contributed by atoms with E-state index in [0.29, 0.717) is 31.1 Å². The number of amides is 2. The lowest BCUT2D eigenvalue weighted by Crippen LogP contribution is -2.49. The number of sulfonamides is 1. The molecule has 0 saturated carbocycles. The van der Waals surface area contributed by atoms with Crippen molar-refractivity contribution in [2.24, 2.45) is 11.7 Å². The van der Waals surface area contributed by atoms with Crippen LogP contribution in [-0.2, 0) is 14.8 Å². The van der Waals surface area contributed by atoms with Gasteiger partial charge in [-0.05, 0) is 50.1 Å². The molecule has 2 saturated heterocycles. The molecule has 2 fully saturated rings. The van der Waals surface area contributed by atoms with Crippen molar-refractivity contribution in [2.45, 2.75) is 24.3 Å². The number of hydrogen-bond acceptors (Lipinski definition) is 5. The Morgan fingerprint density at radius 1 is 1.30 bits per heavy atom. The average molecular weight is 417 g/mol. The summed E-state index contributed by atoms with van der Waals surface area (Å²) in [5, 5.41) is 2.60. The standard InChI is InChI=1S/C17H24N4O4S.ClH/c1-12-8-13(9-18)10-21(12)17(23)14-2-4-15(5-3-14)26(24,25)20-7-6-19-16(22)11-20;/h2-5,12-13H,6-11,18H2,1H3,(H,19,22);1H. The Kier molecular flexibility index (Phi) is 6.85. The van der Waals surface area contributed by atoms with Gasteiger partial charge in [-0.2, -0.15) is 4.31 Å². The van der Waals surface area contributed by atoms with Crippen molar-refractivity contribution in [2.75, 3.05) is 32.7 Å². The maximum atomic E-state index is 12.7. The first kappa shape index (κ1) is 21.6. The summed E-state index contributed by atoms with van der Waals surface area (Å²) in [5.74, 6) is -0.127. The van der Waals surface area contributed by atoms with Crippen molar-refractivity contribution >= 4 is 34.2 Å². The number of carbonyl (C=O) groups excluding carboxylic acids is 2. The Morgan fingerprint density at radius 2 is 1.96 bits per heavy atom. The molecule has 0 spiro atoms. The molecule has 8 nitrogen and oxygen atoms in total. The van der Waals surface area contributed by atoms with E-state index in [9.17, 15) is 18.0 Å². The molecule has 0 aromatic heterocycles. The molecule has 10 heteroatoms. The molecule has 0 bridgehead atoms. The maximum absolute atomic E-state index is 12.7. The summed E-state index contributed by atoms with van der Waals surface area (Å²) >= 11 is 0. The predicted molar refractivity (Wildman–Crippen MR) is 103 cm³/mol. The van der Waals surface area contributed by atoms with Gasteiger partial charge in [-0.25, -0.2) is 8.42 Å².